The highest BCUT2D eigenvalue weighted by molar-refractivity contribution is 5.76. The molecule has 1 aliphatic heterocycles. The minimum atomic E-state index is -0.405. The van der Waals surface area contributed by atoms with Gasteiger partial charge in [-0.1, -0.05) is 24.2 Å². The molecule has 134 valence electrons. The van der Waals surface area contributed by atoms with Crippen LogP contribution in [-0.2, 0) is 11.3 Å². The Kier molecular flexibility index (Phi) is 5.75. The van der Waals surface area contributed by atoms with Crippen LogP contribution >= 0.6 is 0 Å². The zero-order chi connectivity index (χ0) is 17.6. The SMILES string of the molecule is CCN1CCC(CC(=O)NCc2nc(-c3ccccc3F)no2)CC1. The summed E-state index contributed by atoms with van der Waals surface area (Å²) in [5.74, 6) is 0.471. The first kappa shape index (κ1) is 17.5. The lowest BCUT2D eigenvalue weighted by atomic mass is 9.93. The van der Waals surface area contributed by atoms with Gasteiger partial charge in [0, 0.05) is 6.42 Å². The summed E-state index contributed by atoms with van der Waals surface area (Å²) in [5, 5.41) is 6.58. The molecule has 1 N–H and O–H groups in total. The van der Waals surface area contributed by atoms with Crippen LogP contribution in [0.2, 0.25) is 0 Å². The van der Waals surface area contributed by atoms with E-state index in [1.165, 1.54) is 6.07 Å². The van der Waals surface area contributed by atoms with Crippen LogP contribution in [0.3, 0.4) is 0 Å². The van der Waals surface area contributed by atoms with Gasteiger partial charge >= 0.3 is 0 Å². The molecular weight excluding hydrogens is 323 g/mol. The highest BCUT2D eigenvalue weighted by Gasteiger charge is 2.21. The molecule has 1 saturated heterocycles. The van der Waals surface area contributed by atoms with Crippen molar-refractivity contribution in [3.63, 3.8) is 0 Å². The molecule has 3 rings (SSSR count). The van der Waals surface area contributed by atoms with E-state index in [1.807, 2.05) is 0 Å². The Labute approximate surface area is 146 Å². The maximum atomic E-state index is 13.7. The second-order valence-electron chi connectivity index (χ2n) is 6.35. The number of rotatable bonds is 6. The number of hydrogen-bond acceptors (Lipinski definition) is 5. The van der Waals surface area contributed by atoms with Crippen LogP contribution in [0.15, 0.2) is 28.8 Å². The number of halogens is 1. The van der Waals surface area contributed by atoms with Crippen molar-refractivity contribution < 1.29 is 13.7 Å². The maximum Gasteiger partial charge on any atom is 0.246 e. The van der Waals surface area contributed by atoms with Crippen molar-refractivity contribution in [2.45, 2.75) is 32.7 Å². The normalized spacial score (nSPS) is 16.1. The number of likely N-dealkylation sites (tertiary alicyclic amines) is 1. The van der Waals surface area contributed by atoms with Crippen molar-refractivity contribution in [3.8, 4) is 11.4 Å². The number of amides is 1. The third kappa shape index (κ3) is 4.63. The number of benzene rings is 1. The standard InChI is InChI=1S/C18H23FN4O2/c1-2-23-9-7-13(8-10-23)11-16(24)20-12-17-21-18(22-25-17)14-5-3-4-6-15(14)19/h3-6,13H,2,7-12H2,1H3,(H,20,24). The van der Waals surface area contributed by atoms with Gasteiger partial charge in [-0.2, -0.15) is 4.98 Å². The van der Waals surface area contributed by atoms with Crippen LogP contribution in [0.4, 0.5) is 4.39 Å². The molecule has 2 heterocycles. The summed E-state index contributed by atoms with van der Waals surface area (Å²) in [5.41, 5.74) is 0.284. The van der Waals surface area contributed by atoms with Gasteiger partial charge in [0.15, 0.2) is 0 Å². The van der Waals surface area contributed by atoms with E-state index >= 15 is 0 Å². The van der Waals surface area contributed by atoms with E-state index in [0.717, 1.165) is 32.5 Å². The molecule has 0 unspecified atom stereocenters. The molecule has 0 atom stereocenters. The van der Waals surface area contributed by atoms with Gasteiger partial charge < -0.3 is 14.7 Å². The monoisotopic (exact) mass is 346 g/mol. The van der Waals surface area contributed by atoms with Gasteiger partial charge in [0.05, 0.1) is 12.1 Å². The number of nitrogens with one attached hydrogen (secondary N) is 1. The summed E-state index contributed by atoms with van der Waals surface area (Å²) in [6, 6.07) is 6.24. The molecule has 0 saturated carbocycles. The van der Waals surface area contributed by atoms with Crippen molar-refractivity contribution in [3.05, 3.63) is 36.0 Å². The first-order chi connectivity index (χ1) is 12.2. The van der Waals surface area contributed by atoms with Crippen LogP contribution in [0.1, 0.15) is 32.1 Å². The second kappa shape index (κ2) is 8.20. The third-order valence-corrected chi connectivity index (χ3v) is 4.65. The van der Waals surface area contributed by atoms with Crippen LogP contribution in [0.25, 0.3) is 11.4 Å². The number of carbonyl (C=O) groups is 1. The quantitative estimate of drug-likeness (QED) is 0.870. The Morgan fingerprint density at radius 1 is 1.36 bits per heavy atom. The first-order valence-corrected chi connectivity index (χ1v) is 8.72. The molecule has 0 aliphatic carbocycles. The zero-order valence-corrected chi connectivity index (χ0v) is 14.4. The molecule has 1 fully saturated rings. The first-order valence-electron chi connectivity index (χ1n) is 8.72. The minimum absolute atomic E-state index is 0.0133. The Balaban J connectivity index is 1.48. The average Bonchev–Trinajstić information content (AvgIpc) is 3.10. The van der Waals surface area contributed by atoms with Gasteiger partial charge in [-0.3, -0.25) is 4.79 Å². The van der Waals surface area contributed by atoms with Crippen molar-refractivity contribution in [2.75, 3.05) is 19.6 Å². The highest BCUT2D eigenvalue weighted by atomic mass is 19.1. The molecule has 0 spiro atoms. The minimum Gasteiger partial charge on any atom is -0.347 e. The number of carbonyl (C=O) groups excluding carboxylic acids is 1. The largest absolute Gasteiger partial charge is 0.347 e. The van der Waals surface area contributed by atoms with Crippen LogP contribution < -0.4 is 5.32 Å². The Morgan fingerprint density at radius 3 is 2.84 bits per heavy atom. The summed E-state index contributed by atoms with van der Waals surface area (Å²) in [6.45, 7) is 5.51. The molecule has 1 aromatic carbocycles. The van der Waals surface area contributed by atoms with E-state index in [4.69, 9.17) is 4.52 Å². The third-order valence-electron chi connectivity index (χ3n) is 4.65. The average molecular weight is 346 g/mol. The fourth-order valence-electron chi connectivity index (χ4n) is 3.09. The Morgan fingerprint density at radius 2 is 2.12 bits per heavy atom. The summed E-state index contributed by atoms with van der Waals surface area (Å²) in [7, 11) is 0. The summed E-state index contributed by atoms with van der Waals surface area (Å²) in [4.78, 5) is 18.6. The van der Waals surface area contributed by atoms with Gasteiger partial charge in [0.1, 0.15) is 5.82 Å². The van der Waals surface area contributed by atoms with Crippen molar-refractivity contribution in [1.29, 1.82) is 0 Å². The predicted molar refractivity (Wildman–Crippen MR) is 91.0 cm³/mol. The lowest BCUT2D eigenvalue weighted by Gasteiger charge is -2.30. The molecule has 0 bridgehead atoms. The van der Waals surface area contributed by atoms with Crippen molar-refractivity contribution in [2.24, 2.45) is 5.92 Å². The van der Waals surface area contributed by atoms with Crippen molar-refractivity contribution >= 4 is 5.91 Å². The summed E-state index contributed by atoms with van der Waals surface area (Å²) >= 11 is 0. The Bertz CT molecular complexity index is 711. The molecule has 1 aliphatic rings. The number of piperidine rings is 1. The van der Waals surface area contributed by atoms with Crippen molar-refractivity contribution in [1.82, 2.24) is 20.4 Å². The Hall–Kier alpha value is -2.28. The zero-order valence-electron chi connectivity index (χ0n) is 14.4. The smallest absolute Gasteiger partial charge is 0.246 e. The van der Waals surface area contributed by atoms with E-state index < -0.39 is 5.82 Å². The van der Waals surface area contributed by atoms with E-state index in [2.05, 4.69) is 27.3 Å². The highest BCUT2D eigenvalue weighted by Crippen LogP contribution is 2.21. The second-order valence-corrected chi connectivity index (χ2v) is 6.35. The molecule has 1 aromatic heterocycles. The van der Waals surface area contributed by atoms with Gasteiger partial charge in [0.25, 0.3) is 0 Å². The predicted octanol–water partition coefficient (Wildman–Crippen LogP) is 2.61. The molecule has 1 amide bonds. The number of hydrogen-bond donors (Lipinski definition) is 1. The number of nitrogens with zero attached hydrogens (tertiary/aromatic N) is 3. The molecule has 6 nitrogen and oxygen atoms in total. The van der Waals surface area contributed by atoms with E-state index in [0.29, 0.717) is 12.3 Å². The van der Waals surface area contributed by atoms with Crippen LogP contribution in [0, 0.1) is 11.7 Å². The lowest BCUT2D eigenvalue weighted by molar-refractivity contribution is -0.122. The van der Waals surface area contributed by atoms with E-state index in [9.17, 15) is 9.18 Å². The molecule has 0 radical (unpaired) electrons. The lowest BCUT2D eigenvalue weighted by Crippen LogP contribution is -2.35. The van der Waals surface area contributed by atoms with Gasteiger partial charge in [-0.05, 0) is 50.5 Å². The maximum absolute atomic E-state index is 13.7. The number of aromatic nitrogens is 2. The molecule has 2 aromatic rings. The molecular formula is C18H23FN4O2. The van der Waals surface area contributed by atoms with Gasteiger partial charge in [-0.15, -0.1) is 0 Å². The topological polar surface area (TPSA) is 71.3 Å². The summed E-state index contributed by atoms with van der Waals surface area (Å²) < 4.78 is 18.8. The van der Waals surface area contributed by atoms with E-state index in [1.54, 1.807) is 18.2 Å². The fourth-order valence-corrected chi connectivity index (χ4v) is 3.09. The molecule has 7 heteroatoms. The van der Waals surface area contributed by atoms with Gasteiger partial charge in [-0.25, -0.2) is 4.39 Å². The van der Waals surface area contributed by atoms with Crippen LogP contribution in [-0.4, -0.2) is 40.6 Å². The fraction of sp³-hybridized carbons (Fsp3) is 0.500. The van der Waals surface area contributed by atoms with E-state index in [-0.39, 0.29) is 29.7 Å². The summed E-state index contributed by atoms with van der Waals surface area (Å²) in [6.07, 6.45) is 2.63. The van der Waals surface area contributed by atoms with Gasteiger partial charge in [0.2, 0.25) is 17.6 Å². The molecule has 25 heavy (non-hydrogen) atoms. The van der Waals surface area contributed by atoms with Crippen LogP contribution in [0.5, 0.6) is 0 Å².